The molecule has 0 unspecified atom stereocenters. The van der Waals surface area contributed by atoms with E-state index in [0.717, 1.165) is 0 Å². The van der Waals surface area contributed by atoms with Crippen molar-refractivity contribution in [3.05, 3.63) is 0 Å². The van der Waals surface area contributed by atoms with Crippen LogP contribution in [-0.4, -0.2) is 36.5 Å². The van der Waals surface area contributed by atoms with Crippen LogP contribution >= 0.6 is 0 Å². The van der Waals surface area contributed by atoms with E-state index >= 15 is 0 Å². The fraction of sp³-hybridized carbons (Fsp3) is 1.00. The minimum atomic E-state index is -0.566. The lowest BCUT2D eigenvalue weighted by Crippen LogP contribution is -2.28. The molecule has 2 saturated heterocycles. The van der Waals surface area contributed by atoms with Crippen LogP contribution in [0.15, 0.2) is 0 Å². The molecule has 0 saturated carbocycles. The highest BCUT2D eigenvalue weighted by Gasteiger charge is 2.49. The van der Waals surface area contributed by atoms with Crippen molar-refractivity contribution in [1.82, 2.24) is 0 Å². The Bertz CT molecular complexity index is 180. The lowest BCUT2D eigenvalue weighted by Gasteiger charge is -2.19. The van der Waals surface area contributed by atoms with Crippen molar-refractivity contribution in [2.75, 3.05) is 13.2 Å². The molecule has 0 radical (unpaired) electrons. The summed E-state index contributed by atoms with van der Waals surface area (Å²) in [6.07, 6.45) is -0.373. The molecule has 2 fully saturated rings. The van der Waals surface area contributed by atoms with Crippen molar-refractivity contribution in [3.8, 4) is 0 Å². The highest BCUT2D eigenvalue weighted by molar-refractivity contribution is 4.86. The molecule has 0 aromatic heterocycles. The Morgan fingerprint density at radius 2 is 2.17 bits per heavy atom. The van der Waals surface area contributed by atoms with Gasteiger partial charge in [-0.2, -0.15) is 0 Å². The molecular formula is C8H14O4. The Morgan fingerprint density at radius 1 is 1.42 bits per heavy atom. The van der Waals surface area contributed by atoms with Gasteiger partial charge in [-0.15, -0.1) is 0 Å². The van der Waals surface area contributed by atoms with Crippen molar-refractivity contribution in [2.24, 2.45) is 5.92 Å². The Balaban J connectivity index is 2.06. The first kappa shape index (κ1) is 8.44. The molecule has 2 aliphatic rings. The van der Waals surface area contributed by atoms with Crippen LogP contribution in [0.4, 0.5) is 0 Å². The number of ether oxygens (including phenoxy) is 3. The maximum atomic E-state index is 8.97. The minimum absolute atomic E-state index is 0.0665. The van der Waals surface area contributed by atoms with Crippen LogP contribution in [0.2, 0.25) is 0 Å². The van der Waals surface area contributed by atoms with Crippen molar-refractivity contribution in [3.63, 3.8) is 0 Å². The first-order valence-electron chi connectivity index (χ1n) is 4.20. The molecule has 2 aliphatic heterocycles. The molecule has 2 heterocycles. The van der Waals surface area contributed by atoms with E-state index in [-0.39, 0.29) is 24.9 Å². The smallest absolute Gasteiger partial charge is 0.187 e. The topological polar surface area (TPSA) is 47.9 Å². The van der Waals surface area contributed by atoms with E-state index in [2.05, 4.69) is 0 Å². The van der Waals surface area contributed by atoms with Gasteiger partial charge in [0, 0.05) is 5.92 Å². The maximum absolute atomic E-state index is 8.97. The predicted octanol–water partition coefficient (Wildman–Crippen LogP) is 0.103. The van der Waals surface area contributed by atoms with Crippen LogP contribution in [0.25, 0.3) is 0 Å². The molecular weight excluding hydrogens is 160 g/mol. The number of rotatable bonds is 1. The molecule has 0 aromatic carbocycles. The summed E-state index contributed by atoms with van der Waals surface area (Å²) in [5, 5.41) is 8.97. The summed E-state index contributed by atoms with van der Waals surface area (Å²) in [6.45, 7) is 4.33. The van der Waals surface area contributed by atoms with Crippen molar-refractivity contribution >= 4 is 0 Å². The Hall–Kier alpha value is -0.160. The molecule has 0 bridgehead atoms. The quantitative estimate of drug-likeness (QED) is 0.612. The highest BCUT2D eigenvalue weighted by Crippen LogP contribution is 2.36. The second-order valence-electron chi connectivity index (χ2n) is 3.74. The van der Waals surface area contributed by atoms with Gasteiger partial charge in [0.15, 0.2) is 12.1 Å². The number of aliphatic hydroxyl groups is 1. The van der Waals surface area contributed by atoms with Crippen molar-refractivity contribution in [2.45, 2.75) is 32.0 Å². The first-order chi connectivity index (χ1) is 5.62. The molecule has 70 valence electrons. The average Bonchev–Trinajstić information content (AvgIpc) is 2.42. The summed E-state index contributed by atoms with van der Waals surface area (Å²) in [5.74, 6) is -0.500. The number of hydrogen-bond donors (Lipinski definition) is 1. The highest BCUT2D eigenvalue weighted by atomic mass is 16.8. The lowest BCUT2D eigenvalue weighted by molar-refractivity contribution is -0.197. The third-order valence-electron chi connectivity index (χ3n) is 2.26. The molecule has 1 N–H and O–H groups in total. The zero-order valence-corrected chi connectivity index (χ0v) is 7.32. The van der Waals surface area contributed by atoms with Crippen molar-refractivity contribution in [1.29, 1.82) is 0 Å². The van der Waals surface area contributed by atoms with Gasteiger partial charge in [-0.05, 0) is 13.8 Å². The zero-order valence-electron chi connectivity index (χ0n) is 7.32. The number of fused-ring (bicyclic) bond motifs is 1. The van der Waals surface area contributed by atoms with E-state index in [1.165, 1.54) is 0 Å². The third-order valence-corrected chi connectivity index (χ3v) is 2.26. The lowest BCUT2D eigenvalue weighted by atomic mass is 10.1. The van der Waals surface area contributed by atoms with Crippen LogP contribution in [0.3, 0.4) is 0 Å². The number of hydrogen-bond acceptors (Lipinski definition) is 4. The van der Waals surface area contributed by atoms with E-state index < -0.39 is 5.79 Å². The van der Waals surface area contributed by atoms with Gasteiger partial charge in [-0.1, -0.05) is 0 Å². The summed E-state index contributed by atoms with van der Waals surface area (Å²) in [6, 6.07) is 0. The molecule has 12 heavy (non-hydrogen) atoms. The first-order valence-corrected chi connectivity index (χ1v) is 4.20. The van der Waals surface area contributed by atoms with Gasteiger partial charge < -0.3 is 19.3 Å². The minimum Gasteiger partial charge on any atom is -0.396 e. The normalized spacial score (nSPS) is 44.8. The van der Waals surface area contributed by atoms with Crippen LogP contribution in [0.1, 0.15) is 13.8 Å². The summed E-state index contributed by atoms with van der Waals surface area (Å²) >= 11 is 0. The number of aliphatic hydroxyl groups excluding tert-OH is 1. The fourth-order valence-corrected chi connectivity index (χ4v) is 1.68. The van der Waals surface area contributed by atoms with E-state index in [1.54, 1.807) is 0 Å². The molecule has 4 nitrogen and oxygen atoms in total. The van der Waals surface area contributed by atoms with Crippen LogP contribution in [0, 0.1) is 5.92 Å². The van der Waals surface area contributed by atoms with E-state index in [0.29, 0.717) is 6.61 Å². The summed E-state index contributed by atoms with van der Waals surface area (Å²) in [5.41, 5.74) is 0. The molecule has 3 atom stereocenters. The van der Waals surface area contributed by atoms with Gasteiger partial charge in [0.05, 0.1) is 13.2 Å². The molecule has 0 amide bonds. The van der Waals surface area contributed by atoms with Crippen molar-refractivity contribution < 1.29 is 19.3 Å². The maximum Gasteiger partial charge on any atom is 0.187 e. The van der Waals surface area contributed by atoms with Gasteiger partial charge in [0.1, 0.15) is 6.10 Å². The standard InChI is InChI=1S/C8H14O4/c1-8(2)11-6-5(3-9)4-10-7(6)12-8/h5-7,9H,3-4H2,1-2H3/t5-,6-,7-/m1/s1. The second kappa shape index (κ2) is 2.67. The summed E-state index contributed by atoms with van der Waals surface area (Å²) < 4.78 is 16.3. The molecule has 2 rings (SSSR count). The average molecular weight is 174 g/mol. The molecule has 4 heteroatoms. The Kier molecular flexibility index (Phi) is 1.88. The molecule has 0 aromatic rings. The second-order valence-corrected chi connectivity index (χ2v) is 3.74. The van der Waals surface area contributed by atoms with E-state index in [1.807, 2.05) is 13.8 Å². The Labute approximate surface area is 71.4 Å². The summed E-state index contributed by atoms with van der Waals surface area (Å²) in [4.78, 5) is 0. The van der Waals surface area contributed by atoms with Gasteiger partial charge in [0.25, 0.3) is 0 Å². The predicted molar refractivity (Wildman–Crippen MR) is 40.4 cm³/mol. The van der Waals surface area contributed by atoms with Crippen LogP contribution in [0.5, 0.6) is 0 Å². The van der Waals surface area contributed by atoms with Gasteiger partial charge in [-0.25, -0.2) is 0 Å². The van der Waals surface area contributed by atoms with Crippen LogP contribution < -0.4 is 0 Å². The zero-order chi connectivity index (χ0) is 8.77. The van der Waals surface area contributed by atoms with E-state index in [4.69, 9.17) is 19.3 Å². The van der Waals surface area contributed by atoms with Gasteiger partial charge in [0.2, 0.25) is 0 Å². The fourth-order valence-electron chi connectivity index (χ4n) is 1.68. The van der Waals surface area contributed by atoms with Crippen LogP contribution in [-0.2, 0) is 14.2 Å². The monoisotopic (exact) mass is 174 g/mol. The summed E-state index contributed by atoms with van der Waals surface area (Å²) in [7, 11) is 0. The van der Waals surface area contributed by atoms with E-state index in [9.17, 15) is 0 Å². The van der Waals surface area contributed by atoms with Gasteiger partial charge >= 0.3 is 0 Å². The Morgan fingerprint density at radius 3 is 2.83 bits per heavy atom. The molecule has 0 aliphatic carbocycles. The SMILES string of the molecule is CC1(C)O[C@H]2OC[C@@H](CO)[C@H]2O1. The third kappa shape index (κ3) is 1.25. The largest absolute Gasteiger partial charge is 0.396 e. The molecule has 0 spiro atoms. The van der Waals surface area contributed by atoms with Gasteiger partial charge in [-0.3, -0.25) is 0 Å².